The van der Waals surface area contributed by atoms with Crippen LogP contribution in [0.25, 0.3) is 10.9 Å². The molecule has 1 heterocycles. The van der Waals surface area contributed by atoms with Gasteiger partial charge in [-0.2, -0.15) is 0 Å². The van der Waals surface area contributed by atoms with Crippen LogP contribution in [0.1, 0.15) is 6.42 Å². The number of halogens is 1. The van der Waals surface area contributed by atoms with Gasteiger partial charge in [-0.3, -0.25) is 9.59 Å². The van der Waals surface area contributed by atoms with E-state index in [-0.39, 0.29) is 11.8 Å². The third kappa shape index (κ3) is 2.47. The van der Waals surface area contributed by atoms with Gasteiger partial charge in [0.25, 0.3) is 0 Å². The molecule has 0 spiro atoms. The van der Waals surface area contributed by atoms with Gasteiger partial charge >= 0.3 is 5.97 Å². The summed E-state index contributed by atoms with van der Waals surface area (Å²) in [4.78, 5) is 22.1. The van der Waals surface area contributed by atoms with Gasteiger partial charge in [0.15, 0.2) is 5.43 Å². The molecular formula is C12H10ClNO3. The molecule has 0 aliphatic heterocycles. The Labute approximate surface area is 102 Å². The Morgan fingerprint density at radius 1 is 1.35 bits per heavy atom. The molecule has 0 amide bonds. The van der Waals surface area contributed by atoms with Crippen LogP contribution in [0.2, 0.25) is 5.02 Å². The molecule has 1 N–H and O–H groups in total. The third-order valence-corrected chi connectivity index (χ3v) is 2.74. The van der Waals surface area contributed by atoms with E-state index in [1.54, 1.807) is 29.0 Å². The SMILES string of the molecule is O=C(O)CCn1ccc(=O)c2ccc(Cl)cc21. The van der Waals surface area contributed by atoms with Gasteiger partial charge in [-0.25, -0.2) is 0 Å². The highest BCUT2D eigenvalue weighted by atomic mass is 35.5. The van der Waals surface area contributed by atoms with Gasteiger partial charge in [-0.15, -0.1) is 0 Å². The highest BCUT2D eigenvalue weighted by Crippen LogP contribution is 2.16. The molecule has 0 fully saturated rings. The lowest BCUT2D eigenvalue weighted by atomic mass is 10.2. The predicted molar refractivity (Wildman–Crippen MR) is 65.5 cm³/mol. The first-order valence-electron chi connectivity index (χ1n) is 5.08. The summed E-state index contributed by atoms with van der Waals surface area (Å²) >= 11 is 5.87. The first-order valence-corrected chi connectivity index (χ1v) is 5.46. The maximum atomic E-state index is 11.6. The number of aliphatic carboxylic acids is 1. The topological polar surface area (TPSA) is 59.3 Å². The van der Waals surface area contributed by atoms with Crippen LogP contribution in [0.3, 0.4) is 0 Å². The average molecular weight is 252 g/mol. The van der Waals surface area contributed by atoms with Crippen LogP contribution in [-0.4, -0.2) is 15.6 Å². The van der Waals surface area contributed by atoms with Crippen LogP contribution >= 0.6 is 11.6 Å². The molecule has 0 unspecified atom stereocenters. The number of carbonyl (C=O) groups is 1. The molecule has 0 atom stereocenters. The molecule has 1 aromatic carbocycles. The summed E-state index contributed by atoms with van der Waals surface area (Å²) in [7, 11) is 0. The van der Waals surface area contributed by atoms with Crippen molar-refractivity contribution in [2.75, 3.05) is 0 Å². The highest BCUT2D eigenvalue weighted by molar-refractivity contribution is 6.31. The Morgan fingerprint density at radius 3 is 2.82 bits per heavy atom. The maximum absolute atomic E-state index is 11.6. The molecule has 0 aliphatic carbocycles. The zero-order chi connectivity index (χ0) is 12.4. The van der Waals surface area contributed by atoms with Crippen LogP contribution < -0.4 is 5.43 Å². The minimum absolute atomic E-state index is 0.00445. The number of pyridine rings is 1. The van der Waals surface area contributed by atoms with E-state index in [9.17, 15) is 9.59 Å². The van der Waals surface area contributed by atoms with E-state index < -0.39 is 5.97 Å². The summed E-state index contributed by atoms with van der Waals surface area (Å²) in [6, 6.07) is 6.39. The van der Waals surface area contributed by atoms with Crippen LogP contribution in [0, 0.1) is 0 Å². The van der Waals surface area contributed by atoms with Crippen molar-refractivity contribution in [3.8, 4) is 0 Å². The smallest absolute Gasteiger partial charge is 0.305 e. The second-order valence-electron chi connectivity index (χ2n) is 3.68. The molecule has 0 radical (unpaired) electrons. The van der Waals surface area contributed by atoms with Crippen molar-refractivity contribution in [2.45, 2.75) is 13.0 Å². The predicted octanol–water partition coefficient (Wildman–Crippen LogP) is 2.13. The number of hydrogen-bond acceptors (Lipinski definition) is 2. The van der Waals surface area contributed by atoms with E-state index in [4.69, 9.17) is 16.7 Å². The fourth-order valence-corrected chi connectivity index (χ4v) is 1.86. The van der Waals surface area contributed by atoms with E-state index in [0.717, 1.165) is 0 Å². The molecule has 2 aromatic rings. The number of carboxylic acids is 1. The van der Waals surface area contributed by atoms with Crippen molar-refractivity contribution in [2.24, 2.45) is 0 Å². The number of aromatic nitrogens is 1. The lowest BCUT2D eigenvalue weighted by molar-refractivity contribution is -0.137. The normalized spacial score (nSPS) is 10.6. The fraction of sp³-hybridized carbons (Fsp3) is 0.167. The molecule has 88 valence electrons. The van der Waals surface area contributed by atoms with E-state index >= 15 is 0 Å². The molecule has 0 saturated heterocycles. The third-order valence-electron chi connectivity index (χ3n) is 2.51. The second kappa shape index (κ2) is 4.59. The van der Waals surface area contributed by atoms with Gasteiger partial charge in [0.05, 0.1) is 11.9 Å². The number of hydrogen-bond donors (Lipinski definition) is 1. The molecule has 5 heteroatoms. The first kappa shape index (κ1) is 11.7. The van der Waals surface area contributed by atoms with Crippen molar-refractivity contribution < 1.29 is 9.90 Å². The van der Waals surface area contributed by atoms with E-state index in [2.05, 4.69) is 0 Å². The van der Waals surface area contributed by atoms with Crippen LogP contribution in [-0.2, 0) is 11.3 Å². The molecular weight excluding hydrogens is 242 g/mol. The molecule has 0 saturated carbocycles. The van der Waals surface area contributed by atoms with Crippen LogP contribution in [0.15, 0.2) is 35.3 Å². The quantitative estimate of drug-likeness (QED) is 0.909. The van der Waals surface area contributed by atoms with Crippen molar-refractivity contribution in [1.82, 2.24) is 4.57 Å². The first-order chi connectivity index (χ1) is 8.08. The lowest BCUT2D eigenvalue weighted by Gasteiger charge is -2.09. The molecule has 4 nitrogen and oxygen atoms in total. The average Bonchev–Trinajstić information content (AvgIpc) is 2.28. The maximum Gasteiger partial charge on any atom is 0.305 e. The van der Waals surface area contributed by atoms with Crippen LogP contribution in [0.4, 0.5) is 0 Å². The number of rotatable bonds is 3. The Hall–Kier alpha value is -1.81. The zero-order valence-corrected chi connectivity index (χ0v) is 9.65. The Kier molecular flexibility index (Phi) is 3.15. The summed E-state index contributed by atoms with van der Waals surface area (Å²) in [6.45, 7) is 0.312. The molecule has 17 heavy (non-hydrogen) atoms. The molecule has 1 aromatic heterocycles. The van der Waals surface area contributed by atoms with Crippen molar-refractivity contribution >= 4 is 28.5 Å². The number of benzene rings is 1. The Balaban J connectivity index is 2.56. The zero-order valence-electron chi connectivity index (χ0n) is 8.89. The van der Waals surface area contributed by atoms with Crippen LogP contribution in [0.5, 0.6) is 0 Å². The summed E-state index contributed by atoms with van der Waals surface area (Å²) in [6.07, 6.45) is 1.59. The largest absolute Gasteiger partial charge is 0.481 e. The molecule has 0 bridgehead atoms. The minimum Gasteiger partial charge on any atom is -0.481 e. The van der Waals surface area contributed by atoms with Gasteiger partial charge < -0.3 is 9.67 Å². The number of aryl methyl sites for hydroxylation is 1. The summed E-state index contributed by atoms with van der Waals surface area (Å²) in [5.74, 6) is -0.876. The second-order valence-corrected chi connectivity index (χ2v) is 4.12. The summed E-state index contributed by atoms with van der Waals surface area (Å²) < 4.78 is 1.72. The highest BCUT2D eigenvalue weighted by Gasteiger charge is 2.05. The van der Waals surface area contributed by atoms with Crippen molar-refractivity contribution in [3.05, 3.63) is 45.7 Å². The van der Waals surface area contributed by atoms with E-state index in [1.807, 2.05) is 0 Å². The van der Waals surface area contributed by atoms with Crippen molar-refractivity contribution in [1.29, 1.82) is 0 Å². The number of carboxylic acid groups (broad SMARTS) is 1. The molecule has 2 rings (SSSR count). The van der Waals surface area contributed by atoms with Gasteiger partial charge in [-0.05, 0) is 18.2 Å². The number of fused-ring (bicyclic) bond motifs is 1. The standard InChI is InChI=1S/C12H10ClNO3/c13-8-1-2-9-10(7-8)14(5-3-11(9)15)6-4-12(16)17/h1-3,5,7H,4,6H2,(H,16,17). The van der Waals surface area contributed by atoms with Gasteiger partial charge in [-0.1, -0.05) is 11.6 Å². The fourth-order valence-electron chi connectivity index (χ4n) is 1.69. The number of nitrogens with zero attached hydrogens (tertiary/aromatic N) is 1. The van der Waals surface area contributed by atoms with E-state index in [0.29, 0.717) is 22.5 Å². The monoisotopic (exact) mass is 251 g/mol. The molecule has 0 aliphatic rings. The van der Waals surface area contributed by atoms with Crippen molar-refractivity contribution in [3.63, 3.8) is 0 Å². The van der Waals surface area contributed by atoms with Gasteiger partial charge in [0, 0.05) is 29.2 Å². The lowest BCUT2D eigenvalue weighted by Crippen LogP contribution is -2.10. The summed E-state index contributed by atoms with van der Waals surface area (Å²) in [5.41, 5.74) is 0.564. The van der Waals surface area contributed by atoms with Gasteiger partial charge in [0.1, 0.15) is 0 Å². The summed E-state index contributed by atoms with van der Waals surface area (Å²) in [5, 5.41) is 9.72. The van der Waals surface area contributed by atoms with Gasteiger partial charge in [0.2, 0.25) is 0 Å². The van der Waals surface area contributed by atoms with E-state index in [1.165, 1.54) is 6.07 Å². The Bertz CT molecular complexity index is 633. The Morgan fingerprint density at radius 2 is 2.12 bits per heavy atom. The minimum atomic E-state index is -0.876.